The summed E-state index contributed by atoms with van der Waals surface area (Å²) in [6.45, 7) is 10.2. The number of carbonyl (C=O) groups excluding carboxylic acids is 1. The number of aromatic nitrogens is 3. The van der Waals surface area contributed by atoms with Crippen LogP contribution in [0.25, 0.3) is 0 Å². The Morgan fingerprint density at radius 2 is 1.97 bits per heavy atom. The van der Waals surface area contributed by atoms with Crippen molar-refractivity contribution in [2.45, 2.75) is 65.8 Å². The molecule has 1 aromatic rings. The number of nitrogens with zero attached hydrogens (tertiary/aromatic N) is 6. The molecule has 29 heavy (non-hydrogen) atoms. The van der Waals surface area contributed by atoms with Crippen molar-refractivity contribution in [3.63, 3.8) is 0 Å². The van der Waals surface area contributed by atoms with Gasteiger partial charge >= 0.3 is 0 Å². The van der Waals surface area contributed by atoms with Crippen LogP contribution in [0.15, 0.2) is 11.3 Å². The van der Waals surface area contributed by atoms with E-state index in [1.807, 2.05) is 30.7 Å². The lowest BCUT2D eigenvalue weighted by molar-refractivity contribution is -0.131. The summed E-state index contributed by atoms with van der Waals surface area (Å²) >= 11 is 0. The van der Waals surface area contributed by atoms with Crippen molar-refractivity contribution in [1.82, 2.24) is 29.9 Å². The zero-order valence-electron chi connectivity index (χ0n) is 18.7. The van der Waals surface area contributed by atoms with E-state index in [4.69, 9.17) is 4.99 Å². The number of hydrogen-bond donors (Lipinski definition) is 1. The summed E-state index contributed by atoms with van der Waals surface area (Å²) in [5.74, 6) is 2.59. The van der Waals surface area contributed by atoms with Crippen LogP contribution in [0.5, 0.6) is 0 Å². The van der Waals surface area contributed by atoms with Crippen LogP contribution in [-0.4, -0.2) is 76.2 Å². The summed E-state index contributed by atoms with van der Waals surface area (Å²) < 4.78 is 2.06. The van der Waals surface area contributed by atoms with Crippen LogP contribution in [-0.2, 0) is 17.8 Å². The Morgan fingerprint density at radius 3 is 2.62 bits per heavy atom. The first-order valence-corrected chi connectivity index (χ1v) is 11.2. The lowest BCUT2D eigenvalue weighted by atomic mass is 9.89. The zero-order valence-corrected chi connectivity index (χ0v) is 18.7. The molecule has 0 aliphatic heterocycles. The minimum atomic E-state index is 0.136. The Kier molecular flexibility index (Phi) is 9.94. The number of hydrogen-bond acceptors (Lipinski definition) is 4. The Bertz CT molecular complexity index is 633. The topological polar surface area (TPSA) is 78.6 Å². The van der Waals surface area contributed by atoms with Crippen LogP contribution in [0.4, 0.5) is 0 Å². The van der Waals surface area contributed by atoms with Gasteiger partial charge in [0, 0.05) is 46.2 Å². The molecule has 1 N–H and O–H groups in total. The minimum Gasteiger partial charge on any atom is -0.354 e. The maximum atomic E-state index is 12.6. The predicted octanol–water partition coefficient (Wildman–Crippen LogP) is 2.17. The van der Waals surface area contributed by atoms with E-state index in [0.717, 1.165) is 50.9 Å². The van der Waals surface area contributed by atoms with E-state index in [1.165, 1.54) is 32.1 Å². The van der Waals surface area contributed by atoms with Crippen molar-refractivity contribution in [3.8, 4) is 0 Å². The smallest absolute Gasteiger partial charge is 0.242 e. The Hall–Kier alpha value is -2.12. The number of aryl methyl sites for hydroxylation is 1. The summed E-state index contributed by atoms with van der Waals surface area (Å²) in [6, 6.07) is 0. The average molecular weight is 406 g/mol. The van der Waals surface area contributed by atoms with Gasteiger partial charge in [-0.15, -0.1) is 10.2 Å². The van der Waals surface area contributed by atoms with Gasteiger partial charge in [0.05, 0.1) is 6.54 Å². The first-order valence-electron chi connectivity index (χ1n) is 11.2. The molecule has 0 spiro atoms. The third-order valence-electron chi connectivity index (χ3n) is 5.72. The molecule has 1 aliphatic rings. The zero-order chi connectivity index (χ0) is 21.1. The lowest BCUT2D eigenvalue weighted by Gasteiger charge is -2.27. The van der Waals surface area contributed by atoms with Gasteiger partial charge in [-0.2, -0.15) is 0 Å². The van der Waals surface area contributed by atoms with E-state index in [2.05, 4.69) is 27.0 Å². The molecule has 0 saturated heterocycles. The molecule has 1 heterocycles. The summed E-state index contributed by atoms with van der Waals surface area (Å²) in [6.07, 6.45) is 9.13. The largest absolute Gasteiger partial charge is 0.354 e. The molecule has 2 rings (SSSR count). The highest BCUT2D eigenvalue weighted by atomic mass is 16.2. The van der Waals surface area contributed by atoms with Gasteiger partial charge in [-0.05, 0) is 32.6 Å². The number of likely N-dealkylation sites (N-methyl/N-ethyl adjacent to an activating group) is 2. The van der Waals surface area contributed by atoms with Crippen molar-refractivity contribution in [2.75, 3.05) is 39.8 Å². The van der Waals surface area contributed by atoms with Crippen molar-refractivity contribution in [3.05, 3.63) is 12.2 Å². The number of guanidine groups is 1. The van der Waals surface area contributed by atoms with Crippen LogP contribution < -0.4 is 5.32 Å². The highest BCUT2D eigenvalue weighted by Gasteiger charge is 2.17. The van der Waals surface area contributed by atoms with Gasteiger partial charge in [-0.1, -0.05) is 26.2 Å². The number of aliphatic imine (C=N–C) groups is 1. The van der Waals surface area contributed by atoms with E-state index < -0.39 is 0 Å². The quantitative estimate of drug-likeness (QED) is 0.477. The van der Waals surface area contributed by atoms with Crippen LogP contribution in [0.1, 0.15) is 58.7 Å². The standard InChI is InChI=1S/C21H39N7O/c1-5-19-25-24-17-28(19)14-13-22-21(23-15-18-11-9-8-10-12-18)26(4)16-20(29)27(6-2)7-3/h17-18H,5-16H2,1-4H3,(H,22,23). The number of rotatable bonds is 10. The molecule has 0 aromatic carbocycles. The molecular formula is C21H39N7O. The maximum Gasteiger partial charge on any atom is 0.242 e. The van der Waals surface area contributed by atoms with E-state index in [0.29, 0.717) is 12.5 Å². The molecule has 164 valence electrons. The summed E-state index contributed by atoms with van der Waals surface area (Å²) in [5.41, 5.74) is 0. The average Bonchev–Trinajstić information content (AvgIpc) is 3.19. The molecule has 1 saturated carbocycles. The predicted molar refractivity (Wildman–Crippen MR) is 117 cm³/mol. The fourth-order valence-electron chi connectivity index (χ4n) is 3.88. The van der Waals surface area contributed by atoms with Crippen molar-refractivity contribution in [2.24, 2.45) is 10.9 Å². The van der Waals surface area contributed by atoms with Crippen LogP contribution in [0.3, 0.4) is 0 Å². The van der Waals surface area contributed by atoms with Crippen molar-refractivity contribution in [1.29, 1.82) is 0 Å². The molecule has 0 bridgehead atoms. The molecule has 0 unspecified atom stereocenters. The monoisotopic (exact) mass is 405 g/mol. The minimum absolute atomic E-state index is 0.136. The van der Waals surface area contributed by atoms with Gasteiger partial charge in [-0.3, -0.25) is 9.79 Å². The van der Waals surface area contributed by atoms with Gasteiger partial charge in [0.15, 0.2) is 5.96 Å². The normalized spacial score (nSPS) is 15.4. The number of amides is 1. The summed E-state index contributed by atoms with van der Waals surface area (Å²) in [5, 5.41) is 11.6. The second-order valence-corrected chi connectivity index (χ2v) is 7.81. The molecule has 8 heteroatoms. The molecule has 1 aliphatic carbocycles. The highest BCUT2D eigenvalue weighted by Crippen LogP contribution is 2.23. The first kappa shape index (κ1) is 23.2. The van der Waals surface area contributed by atoms with E-state index in [-0.39, 0.29) is 5.91 Å². The van der Waals surface area contributed by atoms with Crippen LogP contribution in [0, 0.1) is 5.92 Å². The molecule has 0 atom stereocenters. The van der Waals surface area contributed by atoms with Gasteiger partial charge in [0.2, 0.25) is 5.91 Å². The molecule has 8 nitrogen and oxygen atoms in total. The van der Waals surface area contributed by atoms with E-state index in [9.17, 15) is 4.79 Å². The number of nitrogens with one attached hydrogen (secondary N) is 1. The molecule has 1 aromatic heterocycles. The molecule has 1 fully saturated rings. The van der Waals surface area contributed by atoms with Crippen molar-refractivity contribution < 1.29 is 4.79 Å². The summed E-state index contributed by atoms with van der Waals surface area (Å²) in [4.78, 5) is 21.3. The Balaban J connectivity index is 1.98. The van der Waals surface area contributed by atoms with Crippen molar-refractivity contribution >= 4 is 11.9 Å². The van der Waals surface area contributed by atoms with Crippen LogP contribution in [0.2, 0.25) is 0 Å². The Morgan fingerprint density at radius 1 is 1.24 bits per heavy atom. The fourth-order valence-corrected chi connectivity index (χ4v) is 3.88. The SMILES string of the molecule is CCc1nncn1CCNC(=NCC1CCCCC1)N(C)CC(=O)N(CC)CC. The Labute approximate surface area is 175 Å². The molecule has 1 amide bonds. The lowest BCUT2D eigenvalue weighted by Crippen LogP contribution is -2.46. The second kappa shape index (κ2) is 12.4. The van der Waals surface area contributed by atoms with Gasteiger partial charge in [-0.25, -0.2) is 0 Å². The number of carbonyl (C=O) groups is 1. The van der Waals surface area contributed by atoms with Gasteiger partial charge < -0.3 is 19.7 Å². The molecule has 0 radical (unpaired) electrons. The second-order valence-electron chi connectivity index (χ2n) is 7.81. The third kappa shape index (κ3) is 7.33. The van der Waals surface area contributed by atoms with Gasteiger partial charge in [0.25, 0.3) is 0 Å². The maximum absolute atomic E-state index is 12.6. The fraction of sp³-hybridized carbons (Fsp3) is 0.810. The van der Waals surface area contributed by atoms with Gasteiger partial charge in [0.1, 0.15) is 12.2 Å². The first-order chi connectivity index (χ1) is 14.1. The van der Waals surface area contributed by atoms with E-state index in [1.54, 1.807) is 6.33 Å². The third-order valence-corrected chi connectivity index (χ3v) is 5.72. The highest BCUT2D eigenvalue weighted by molar-refractivity contribution is 5.86. The summed E-state index contributed by atoms with van der Waals surface area (Å²) in [7, 11) is 1.95. The van der Waals surface area contributed by atoms with Crippen LogP contribution >= 0.6 is 0 Å². The molecular weight excluding hydrogens is 366 g/mol. The van der Waals surface area contributed by atoms with E-state index >= 15 is 0 Å².